The van der Waals surface area contributed by atoms with Crippen molar-refractivity contribution in [3.63, 3.8) is 0 Å². The largest absolute Gasteiger partial charge is 0.374 e. The fourth-order valence-corrected chi connectivity index (χ4v) is 2.43. The van der Waals surface area contributed by atoms with Gasteiger partial charge in [-0.3, -0.25) is 0 Å². The van der Waals surface area contributed by atoms with E-state index in [9.17, 15) is 4.39 Å². The van der Waals surface area contributed by atoms with E-state index in [-0.39, 0.29) is 16.7 Å². The fraction of sp³-hybridized carbons (Fsp3) is 0.538. The molecule has 0 radical (unpaired) electrons. The molecule has 2 unspecified atom stereocenters. The summed E-state index contributed by atoms with van der Waals surface area (Å²) in [6.07, 6.45) is 2.67. The lowest BCUT2D eigenvalue weighted by atomic mass is 9.89. The molecule has 0 amide bonds. The molecule has 1 aromatic carbocycles. The van der Waals surface area contributed by atoms with E-state index in [1.807, 2.05) is 6.92 Å². The van der Waals surface area contributed by atoms with Gasteiger partial charge in [0, 0.05) is 12.6 Å². The molecule has 4 heteroatoms. The monoisotopic (exact) mass is 257 g/mol. The number of halogens is 2. The first-order valence-corrected chi connectivity index (χ1v) is 6.22. The Kier molecular flexibility index (Phi) is 3.71. The Bertz CT molecular complexity index is 404. The normalized spacial score (nSPS) is 26.1. The first-order valence-electron chi connectivity index (χ1n) is 5.85. The summed E-state index contributed by atoms with van der Waals surface area (Å²) in [6, 6.07) is 4.64. The van der Waals surface area contributed by atoms with E-state index in [4.69, 9.17) is 22.1 Å². The first-order chi connectivity index (χ1) is 8.01. The highest BCUT2D eigenvalue weighted by molar-refractivity contribution is 6.30. The number of ether oxygens (including phenoxy) is 1. The van der Waals surface area contributed by atoms with Gasteiger partial charge in [0.2, 0.25) is 0 Å². The third-order valence-electron chi connectivity index (χ3n) is 3.47. The van der Waals surface area contributed by atoms with Crippen LogP contribution in [0.15, 0.2) is 18.2 Å². The van der Waals surface area contributed by atoms with Gasteiger partial charge in [0.25, 0.3) is 0 Å². The summed E-state index contributed by atoms with van der Waals surface area (Å²) in [4.78, 5) is 0. The van der Waals surface area contributed by atoms with Gasteiger partial charge in [0.05, 0.1) is 10.6 Å². The van der Waals surface area contributed by atoms with Crippen LogP contribution in [-0.4, -0.2) is 18.2 Å². The summed E-state index contributed by atoms with van der Waals surface area (Å²) in [5.74, 6) is -0.396. The highest BCUT2D eigenvalue weighted by Crippen LogP contribution is 2.29. The summed E-state index contributed by atoms with van der Waals surface area (Å²) in [7, 11) is 0. The Hall–Kier alpha value is -0.640. The van der Waals surface area contributed by atoms with Crippen molar-refractivity contribution in [1.82, 2.24) is 0 Å². The third-order valence-corrected chi connectivity index (χ3v) is 3.76. The SMILES string of the molecule is CC1(C(N)Cc2ccc(F)c(Cl)c2)CCCO1. The van der Waals surface area contributed by atoms with E-state index < -0.39 is 5.82 Å². The van der Waals surface area contributed by atoms with Crippen molar-refractivity contribution in [3.05, 3.63) is 34.6 Å². The Morgan fingerprint density at radius 1 is 1.59 bits per heavy atom. The minimum atomic E-state index is -0.396. The molecule has 0 bridgehead atoms. The van der Waals surface area contributed by atoms with Crippen LogP contribution < -0.4 is 5.73 Å². The average molecular weight is 258 g/mol. The second-order valence-corrected chi connectivity index (χ2v) is 5.23. The molecule has 1 heterocycles. The molecule has 2 atom stereocenters. The van der Waals surface area contributed by atoms with Crippen LogP contribution in [0.1, 0.15) is 25.3 Å². The van der Waals surface area contributed by atoms with Gasteiger partial charge in [-0.05, 0) is 43.9 Å². The lowest BCUT2D eigenvalue weighted by Gasteiger charge is -2.30. The molecule has 0 spiro atoms. The van der Waals surface area contributed by atoms with Gasteiger partial charge >= 0.3 is 0 Å². The van der Waals surface area contributed by atoms with Crippen LogP contribution in [0.5, 0.6) is 0 Å². The van der Waals surface area contributed by atoms with Gasteiger partial charge < -0.3 is 10.5 Å². The van der Waals surface area contributed by atoms with Gasteiger partial charge in [-0.25, -0.2) is 4.39 Å². The van der Waals surface area contributed by atoms with Crippen molar-refractivity contribution in [2.24, 2.45) is 5.73 Å². The van der Waals surface area contributed by atoms with E-state index in [1.165, 1.54) is 6.07 Å². The summed E-state index contributed by atoms with van der Waals surface area (Å²) in [5.41, 5.74) is 6.85. The highest BCUT2D eigenvalue weighted by Gasteiger charge is 2.36. The smallest absolute Gasteiger partial charge is 0.141 e. The van der Waals surface area contributed by atoms with Crippen LogP contribution in [0.4, 0.5) is 4.39 Å². The van der Waals surface area contributed by atoms with Gasteiger partial charge in [0.1, 0.15) is 5.82 Å². The zero-order valence-corrected chi connectivity index (χ0v) is 10.6. The fourth-order valence-electron chi connectivity index (χ4n) is 2.23. The lowest BCUT2D eigenvalue weighted by Crippen LogP contribution is -2.46. The Labute approximate surface area is 106 Å². The van der Waals surface area contributed by atoms with Crippen molar-refractivity contribution in [2.45, 2.75) is 37.8 Å². The zero-order chi connectivity index (χ0) is 12.5. The Morgan fingerprint density at radius 2 is 2.35 bits per heavy atom. The van der Waals surface area contributed by atoms with Gasteiger partial charge in [0.15, 0.2) is 0 Å². The van der Waals surface area contributed by atoms with Gasteiger partial charge in [-0.2, -0.15) is 0 Å². The Balaban J connectivity index is 2.07. The van der Waals surface area contributed by atoms with Gasteiger partial charge in [-0.15, -0.1) is 0 Å². The molecule has 1 fully saturated rings. The van der Waals surface area contributed by atoms with Crippen molar-refractivity contribution < 1.29 is 9.13 Å². The predicted octanol–water partition coefficient (Wildman–Crippen LogP) is 2.92. The quantitative estimate of drug-likeness (QED) is 0.904. The molecule has 1 aliphatic rings. The topological polar surface area (TPSA) is 35.2 Å². The molecule has 2 rings (SSSR count). The molecule has 1 aromatic rings. The van der Waals surface area contributed by atoms with Crippen LogP contribution in [-0.2, 0) is 11.2 Å². The summed E-state index contributed by atoms with van der Waals surface area (Å²) < 4.78 is 18.7. The summed E-state index contributed by atoms with van der Waals surface area (Å²) >= 11 is 5.74. The number of benzene rings is 1. The molecular formula is C13H17ClFNO. The van der Waals surface area contributed by atoms with E-state index in [0.29, 0.717) is 6.42 Å². The average Bonchev–Trinajstić information content (AvgIpc) is 2.72. The molecule has 94 valence electrons. The minimum absolute atomic E-state index is 0.0912. The van der Waals surface area contributed by atoms with Crippen LogP contribution in [0.25, 0.3) is 0 Å². The van der Waals surface area contributed by atoms with Crippen LogP contribution >= 0.6 is 11.6 Å². The maximum Gasteiger partial charge on any atom is 0.141 e. The number of rotatable bonds is 3. The standard InChI is InChI=1S/C13H17ClFNO/c1-13(5-2-6-17-13)12(16)8-9-3-4-11(15)10(14)7-9/h3-4,7,12H,2,5-6,8,16H2,1H3. The Morgan fingerprint density at radius 3 is 2.94 bits per heavy atom. The van der Waals surface area contributed by atoms with E-state index in [1.54, 1.807) is 12.1 Å². The molecule has 2 nitrogen and oxygen atoms in total. The maximum atomic E-state index is 13.0. The molecule has 0 aromatic heterocycles. The number of nitrogens with two attached hydrogens (primary N) is 1. The second kappa shape index (κ2) is 4.92. The van der Waals surface area contributed by atoms with Crippen LogP contribution in [0, 0.1) is 5.82 Å². The molecule has 1 aliphatic heterocycles. The lowest BCUT2D eigenvalue weighted by molar-refractivity contribution is -0.000905. The van der Waals surface area contributed by atoms with Crippen molar-refractivity contribution in [3.8, 4) is 0 Å². The van der Waals surface area contributed by atoms with Crippen LogP contribution in [0.3, 0.4) is 0 Å². The first kappa shape index (κ1) is 12.8. The van der Waals surface area contributed by atoms with Crippen LogP contribution in [0.2, 0.25) is 5.02 Å². The maximum absolute atomic E-state index is 13.0. The van der Waals surface area contributed by atoms with Gasteiger partial charge in [-0.1, -0.05) is 17.7 Å². The summed E-state index contributed by atoms with van der Waals surface area (Å²) in [6.45, 7) is 2.81. The molecule has 0 aliphatic carbocycles. The molecule has 17 heavy (non-hydrogen) atoms. The molecule has 0 saturated carbocycles. The molecular weight excluding hydrogens is 241 g/mol. The summed E-state index contributed by atoms with van der Waals surface area (Å²) in [5, 5.41) is 0.146. The predicted molar refractivity (Wildman–Crippen MR) is 66.7 cm³/mol. The number of hydrogen-bond donors (Lipinski definition) is 1. The number of hydrogen-bond acceptors (Lipinski definition) is 2. The van der Waals surface area contributed by atoms with E-state index in [2.05, 4.69) is 0 Å². The van der Waals surface area contributed by atoms with E-state index in [0.717, 1.165) is 25.0 Å². The second-order valence-electron chi connectivity index (χ2n) is 4.82. The zero-order valence-electron chi connectivity index (χ0n) is 9.88. The molecule has 2 N–H and O–H groups in total. The van der Waals surface area contributed by atoms with Crippen molar-refractivity contribution >= 4 is 11.6 Å². The van der Waals surface area contributed by atoms with Crippen molar-refractivity contribution in [2.75, 3.05) is 6.61 Å². The minimum Gasteiger partial charge on any atom is -0.374 e. The van der Waals surface area contributed by atoms with E-state index >= 15 is 0 Å². The van der Waals surface area contributed by atoms with Crippen molar-refractivity contribution in [1.29, 1.82) is 0 Å². The molecule has 1 saturated heterocycles. The third kappa shape index (κ3) is 2.79. The highest BCUT2D eigenvalue weighted by atomic mass is 35.5.